The van der Waals surface area contributed by atoms with Gasteiger partial charge in [-0.2, -0.15) is 0 Å². The van der Waals surface area contributed by atoms with Crippen LogP contribution < -0.4 is 10.1 Å². The van der Waals surface area contributed by atoms with E-state index in [1.807, 2.05) is 32.0 Å². The molecule has 1 aromatic rings. The van der Waals surface area contributed by atoms with Crippen LogP contribution in [0.15, 0.2) is 24.3 Å². The molecule has 0 spiro atoms. The highest BCUT2D eigenvalue weighted by atomic mass is 79.9. The number of hydrogen-bond acceptors (Lipinski definition) is 2. The van der Waals surface area contributed by atoms with Crippen molar-refractivity contribution in [1.82, 2.24) is 5.32 Å². The Morgan fingerprint density at radius 2 is 2.00 bits per heavy atom. The molecular formula is C16H24BrNO2. The minimum atomic E-state index is -0.0281. The first-order valence-electron chi connectivity index (χ1n) is 7.24. The molecule has 0 radical (unpaired) electrons. The second-order valence-corrected chi connectivity index (χ2v) is 5.85. The first-order chi connectivity index (χ1) is 9.63. The van der Waals surface area contributed by atoms with Crippen molar-refractivity contribution in [2.75, 3.05) is 11.9 Å². The second-order valence-electron chi connectivity index (χ2n) is 5.05. The van der Waals surface area contributed by atoms with Gasteiger partial charge in [0.05, 0.1) is 6.10 Å². The van der Waals surface area contributed by atoms with Gasteiger partial charge in [0.15, 0.2) is 0 Å². The lowest BCUT2D eigenvalue weighted by Gasteiger charge is -2.11. The summed E-state index contributed by atoms with van der Waals surface area (Å²) in [5.74, 6) is 0.713. The highest BCUT2D eigenvalue weighted by Gasteiger charge is 2.06. The van der Waals surface area contributed by atoms with Crippen LogP contribution in [-0.4, -0.2) is 23.9 Å². The minimum Gasteiger partial charge on any atom is -0.491 e. The topological polar surface area (TPSA) is 38.3 Å². The van der Waals surface area contributed by atoms with Gasteiger partial charge in [0.2, 0.25) is 0 Å². The van der Waals surface area contributed by atoms with E-state index in [-0.39, 0.29) is 12.0 Å². The van der Waals surface area contributed by atoms with Gasteiger partial charge in [0, 0.05) is 17.4 Å². The van der Waals surface area contributed by atoms with E-state index in [9.17, 15) is 4.79 Å². The zero-order valence-corrected chi connectivity index (χ0v) is 13.9. The van der Waals surface area contributed by atoms with Crippen molar-refractivity contribution in [3.63, 3.8) is 0 Å². The van der Waals surface area contributed by atoms with Gasteiger partial charge in [-0.3, -0.25) is 4.79 Å². The summed E-state index contributed by atoms with van der Waals surface area (Å²) >= 11 is 3.41. The Bertz CT molecular complexity index is 407. The van der Waals surface area contributed by atoms with Gasteiger partial charge in [0.25, 0.3) is 5.91 Å². The van der Waals surface area contributed by atoms with Crippen LogP contribution in [0.25, 0.3) is 0 Å². The molecule has 0 bridgehead atoms. The molecule has 1 aromatic carbocycles. The fourth-order valence-corrected chi connectivity index (χ4v) is 2.26. The Morgan fingerprint density at radius 1 is 1.25 bits per heavy atom. The second kappa shape index (κ2) is 9.81. The van der Waals surface area contributed by atoms with Gasteiger partial charge >= 0.3 is 0 Å². The van der Waals surface area contributed by atoms with E-state index in [1.165, 1.54) is 12.8 Å². The Balaban J connectivity index is 2.35. The Kier molecular flexibility index (Phi) is 8.35. The van der Waals surface area contributed by atoms with Gasteiger partial charge < -0.3 is 10.1 Å². The molecule has 1 amide bonds. The van der Waals surface area contributed by atoms with E-state index in [2.05, 4.69) is 21.2 Å². The summed E-state index contributed by atoms with van der Waals surface area (Å²) in [5.41, 5.74) is 0.656. The minimum absolute atomic E-state index is 0.0281. The van der Waals surface area contributed by atoms with E-state index in [0.29, 0.717) is 5.56 Å². The first kappa shape index (κ1) is 17.0. The number of halogens is 1. The highest BCUT2D eigenvalue weighted by molar-refractivity contribution is 9.09. The molecule has 0 unspecified atom stereocenters. The van der Waals surface area contributed by atoms with Crippen LogP contribution in [0.4, 0.5) is 0 Å². The SMILES string of the molecule is CC(C)Oc1cccc(C(=O)NCCCCCCBr)c1. The van der Waals surface area contributed by atoms with Crippen molar-refractivity contribution < 1.29 is 9.53 Å². The number of alkyl halides is 1. The lowest BCUT2D eigenvalue weighted by atomic mass is 10.2. The number of rotatable bonds is 9. The molecule has 20 heavy (non-hydrogen) atoms. The lowest BCUT2D eigenvalue weighted by molar-refractivity contribution is 0.0952. The maximum atomic E-state index is 12.0. The normalized spacial score (nSPS) is 10.6. The zero-order chi connectivity index (χ0) is 14.8. The molecular weight excluding hydrogens is 318 g/mol. The fraction of sp³-hybridized carbons (Fsp3) is 0.562. The number of amides is 1. The molecule has 3 nitrogen and oxygen atoms in total. The van der Waals surface area contributed by atoms with Crippen LogP contribution in [0.5, 0.6) is 5.75 Å². The summed E-state index contributed by atoms with van der Waals surface area (Å²) in [4.78, 5) is 12.0. The van der Waals surface area contributed by atoms with Gasteiger partial charge in [-0.15, -0.1) is 0 Å². The van der Waals surface area contributed by atoms with Crippen LogP contribution in [0.2, 0.25) is 0 Å². The molecule has 0 aliphatic carbocycles. The number of ether oxygens (including phenoxy) is 1. The van der Waals surface area contributed by atoms with Crippen LogP contribution in [0.1, 0.15) is 49.9 Å². The molecule has 0 saturated carbocycles. The Morgan fingerprint density at radius 3 is 2.70 bits per heavy atom. The number of nitrogens with one attached hydrogen (secondary N) is 1. The van der Waals surface area contributed by atoms with Gasteiger partial charge in [-0.25, -0.2) is 0 Å². The summed E-state index contributed by atoms with van der Waals surface area (Å²) in [5, 5.41) is 4.01. The molecule has 0 aliphatic heterocycles. The summed E-state index contributed by atoms with van der Waals surface area (Å²) in [6.45, 7) is 4.68. The summed E-state index contributed by atoms with van der Waals surface area (Å²) in [6, 6.07) is 7.33. The van der Waals surface area contributed by atoms with Gasteiger partial charge in [-0.1, -0.05) is 34.8 Å². The van der Waals surface area contributed by atoms with Crippen molar-refractivity contribution in [2.45, 2.75) is 45.6 Å². The third-order valence-corrected chi connectivity index (χ3v) is 3.37. The average Bonchev–Trinajstić information content (AvgIpc) is 2.42. The van der Waals surface area contributed by atoms with E-state index < -0.39 is 0 Å². The van der Waals surface area contributed by atoms with Crippen LogP contribution in [0, 0.1) is 0 Å². The maximum Gasteiger partial charge on any atom is 0.251 e. The molecule has 1 N–H and O–H groups in total. The van der Waals surface area contributed by atoms with E-state index in [1.54, 1.807) is 6.07 Å². The van der Waals surface area contributed by atoms with Crippen molar-refractivity contribution >= 4 is 21.8 Å². The van der Waals surface area contributed by atoms with Crippen molar-refractivity contribution in [3.8, 4) is 5.75 Å². The average molecular weight is 342 g/mol. The smallest absolute Gasteiger partial charge is 0.251 e. The number of carbonyl (C=O) groups is 1. The summed E-state index contributed by atoms with van der Waals surface area (Å²) < 4.78 is 5.59. The monoisotopic (exact) mass is 341 g/mol. The third-order valence-electron chi connectivity index (χ3n) is 2.81. The molecule has 0 aliphatic rings. The van der Waals surface area contributed by atoms with Crippen LogP contribution in [0.3, 0.4) is 0 Å². The molecule has 0 fully saturated rings. The summed E-state index contributed by atoms with van der Waals surface area (Å²) in [6.07, 6.45) is 4.70. The van der Waals surface area contributed by atoms with Crippen molar-refractivity contribution in [3.05, 3.63) is 29.8 Å². The molecule has 4 heteroatoms. The number of carbonyl (C=O) groups excluding carboxylic acids is 1. The standard InChI is InChI=1S/C16H24BrNO2/c1-13(2)20-15-9-7-8-14(12-15)16(19)18-11-6-4-3-5-10-17/h7-9,12-13H,3-6,10-11H2,1-2H3,(H,18,19). The zero-order valence-electron chi connectivity index (χ0n) is 12.3. The molecule has 0 atom stereocenters. The van der Waals surface area contributed by atoms with E-state index in [0.717, 1.165) is 30.5 Å². The van der Waals surface area contributed by atoms with Gasteiger partial charge in [-0.05, 0) is 44.9 Å². The lowest BCUT2D eigenvalue weighted by Crippen LogP contribution is -2.24. The fourth-order valence-electron chi connectivity index (χ4n) is 1.86. The molecule has 0 saturated heterocycles. The van der Waals surface area contributed by atoms with Crippen LogP contribution in [-0.2, 0) is 0 Å². The van der Waals surface area contributed by atoms with Crippen molar-refractivity contribution in [2.24, 2.45) is 0 Å². The van der Waals surface area contributed by atoms with Crippen molar-refractivity contribution in [1.29, 1.82) is 0 Å². The Hall–Kier alpha value is -1.03. The molecule has 0 aromatic heterocycles. The highest BCUT2D eigenvalue weighted by Crippen LogP contribution is 2.14. The predicted molar refractivity (Wildman–Crippen MR) is 86.8 cm³/mol. The van der Waals surface area contributed by atoms with E-state index in [4.69, 9.17) is 4.74 Å². The Labute approximate surface area is 130 Å². The molecule has 0 heterocycles. The quantitative estimate of drug-likeness (QED) is 0.541. The van der Waals surface area contributed by atoms with Crippen LogP contribution >= 0.6 is 15.9 Å². The molecule has 1 rings (SSSR count). The predicted octanol–water partition coefficient (Wildman–Crippen LogP) is 4.16. The van der Waals surface area contributed by atoms with Gasteiger partial charge in [0.1, 0.15) is 5.75 Å². The van der Waals surface area contributed by atoms with E-state index >= 15 is 0 Å². The first-order valence-corrected chi connectivity index (χ1v) is 8.36. The third kappa shape index (κ3) is 6.94. The number of hydrogen-bond donors (Lipinski definition) is 1. The molecule has 112 valence electrons. The largest absolute Gasteiger partial charge is 0.491 e. The number of benzene rings is 1. The maximum absolute atomic E-state index is 12.0. The number of unbranched alkanes of at least 4 members (excludes halogenated alkanes) is 3. The summed E-state index contributed by atoms with van der Waals surface area (Å²) in [7, 11) is 0.